The summed E-state index contributed by atoms with van der Waals surface area (Å²) in [5, 5.41) is 2.09. The summed E-state index contributed by atoms with van der Waals surface area (Å²) in [4.78, 5) is 5.28. The summed E-state index contributed by atoms with van der Waals surface area (Å²) < 4.78 is 0. The highest BCUT2D eigenvalue weighted by molar-refractivity contribution is 7.11. The third-order valence-electron chi connectivity index (χ3n) is 2.35. The molecular weight excluding hydrogens is 297 g/mol. The third-order valence-corrected chi connectivity index (χ3v) is 4.63. The fourth-order valence-corrected chi connectivity index (χ4v) is 2.95. The quantitative estimate of drug-likeness (QED) is 0.703. The molecule has 2 rings (SSSR count). The molecule has 1 nitrogen and oxygen atoms in total. The topological polar surface area (TPSA) is 12.9 Å². The van der Waals surface area contributed by atoms with Crippen LogP contribution >= 0.6 is 46.1 Å². The Bertz CT molecular complexity index is 524. The molecule has 0 aliphatic carbocycles. The second-order valence-electron chi connectivity index (χ2n) is 3.70. The second-order valence-corrected chi connectivity index (χ2v) is 6.31. The molecule has 90 valence electrons. The smallest absolute Gasteiger partial charge is 0.0897 e. The van der Waals surface area contributed by atoms with E-state index in [-0.39, 0.29) is 5.38 Å². The van der Waals surface area contributed by atoms with Crippen molar-refractivity contribution in [3.63, 3.8) is 0 Å². The number of halogens is 3. The molecule has 1 aromatic heterocycles. The zero-order valence-corrected chi connectivity index (χ0v) is 12.2. The normalized spacial score (nSPS) is 12.7. The minimum atomic E-state index is -0.0709. The molecule has 0 radical (unpaired) electrons. The number of alkyl halides is 1. The Morgan fingerprint density at radius 3 is 2.65 bits per heavy atom. The third kappa shape index (κ3) is 3.35. The minimum Gasteiger partial charge on any atom is -0.250 e. The van der Waals surface area contributed by atoms with Crippen LogP contribution in [-0.2, 0) is 6.42 Å². The van der Waals surface area contributed by atoms with Crippen molar-refractivity contribution in [2.45, 2.75) is 18.7 Å². The number of thiazole rings is 1. The standard InChI is InChI=1S/C12H10Cl3NS/c1-7-16-6-12(17-7)11(15)5-8-2-3-9(13)10(14)4-8/h2-4,6,11H,5H2,1H3. The Morgan fingerprint density at radius 2 is 2.06 bits per heavy atom. The van der Waals surface area contributed by atoms with Gasteiger partial charge in [0.05, 0.1) is 20.4 Å². The first-order valence-electron chi connectivity index (χ1n) is 5.06. The molecule has 1 atom stereocenters. The molecule has 2 aromatic rings. The van der Waals surface area contributed by atoms with Gasteiger partial charge in [-0.3, -0.25) is 0 Å². The first kappa shape index (κ1) is 13.2. The van der Waals surface area contributed by atoms with Crippen LogP contribution in [0.5, 0.6) is 0 Å². The molecule has 5 heteroatoms. The molecular formula is C12H10Cl3NS. The average molecular weight is 307 g/mol. The van der Waals surface area contributed by atoms with E-state index in [0.29, 0.717) is 10.0 Å². The van der Waals surface area contributed by atoms with E-state index < -0.39 is 0 Å². The molecule has 0 N–H and O–H groups in total. The van der Waals surface area contributed by atoms with Gasteiger partial charge in [0, 0.05) is 11.1 Å². The highest BCUT2D eigenvalue weighted by Gasteiger charge is 2.12. The lowest BCUT2D eigenvalue weighted by Gasteiger charge is -2.07. The van der Waals surface area contributed by atoms with Gasteiger partial charge in [-0.2, -0.15) is 0 Å². The van der Waals surface area contributed by atoms with Gasteiger partial charge in [0.25, 0.3) is 0 Å². The van der Waals surface area contributed by atoms with E-state index >= 15 is 0 Å². The van der Waals surface area contributed by atoms with Crippen LogP contribution in [0.15, 0.2) is 24.4 Å². The molecule has 0 bridgehead atoms. The zero-order chi connectivity index (χ0) is 12.4. The maximum atomic E-state index is 6.34. The number of aryl methyl sites for hydroxylation is 1. The van der Waals surface area contributed by atoms with E-state index in [2.05, 4.69) is 4.98 Å². The highest BCUT2D eigenvalue weighted by Crippen LogP contribution is 2.31. The van der Waals surface area contributed by atoms with Crippen LogP contribution in [0.25, 0.3) is 0 Å². The summed E-state index contributed by atoms with van der Waals surface area (Å²) in [6, 6.07) is 5.59. The van der Waals surface area contributed by atoms with Crippen LogP contribution in [0.2, 0.25) is 10.0 Å². The van der Waals surface area contributed by atoms with Gasteiger partial charge in [0.15, 0.2) is 0 Å². The van der Waals surface area contributed by atoms with Gasteiger partial charge in [-0.1, -0.05) is 29.3 Å². The van der Waals surface area contributed by atoms with Crippen LogP contribution in [-0.4, -0.2) is 4.98 Å². The summed E-state index contributed by atoms with van der Waals surface area (Å²) in [6.45, 7) is 1.97. The van der Waals surface area contributed by atoms with Crippen LogP contribution in [0.4, 0.5) is 0 Å². The summed E-state index contributed by atoms with van der Waals surface area (Å²) >= 11 is 19.8. The van der Waals surface area contributed by atoms with Gasteiger partial charge in [-0.15, -0.1) is 22.9 Å². The van der Waals surface area contributed by atoms with Gasteiger partial charge >= 0.3 is 0 Å². The molecule has 1 unspecified atom stereocenters. The molecule has 0 saturated heterocycles. The number of nitrogens with zero attached hydrogens (tertiary/aromatic N) is 1. The summed E-state index contributed by atoms with van der Waals surface area (Å²) in [5.41, 5.74) is 1.07. The Hall–Kier alpha value is -0.280. The highest BCUT2D eigenvalue weighted by atomic mass is 35.5. The van der Waals surface area contributed by atoms with Crippen molar-refractivity contribution in [1.82, 2.24) is 4.98 Å². The van der Waals surface area contributed by atoms with Crippen molar-refractivity contribution in [3.8, 4) is 0 Å². The SMILES string of the molecule is Cc1ncc(C(Cl)Cc2ccc(Cl)c(Cl)c2)s1. The second kappa shape index (κ2) is 5.57. The lowest BCUT2D eigenvalue weighted by Crippen LogP contribution is -1.93. The Balaban J connectivity index is 2.12. The Kier molecular flexibility index (Phi) is 4.31. The fraction of sp³-hybridized carbons (Fsp3) is 0.250. The Morgan fingerprint density at radius 1 is 1.29 bits per heavy atom. The number of hydrogen-bond acceptors (Lipinski definition) is 2. The van der Waals surface area contributed by atoms with E-state index in [1.807, 2.05) is 25.3 Å². The van der Waals surface area contributed by atoms with Crippen molar-refractivity contribution in [1.29, 1.82) is 0 Å². The average Bonchev–Trinajstić information content (AvgIpc) is 2.70. The number of aromatic nitrogens is 1. The van der Waals surface area contributed by atoms with Crippen molar-refractivity contribution >= 4 is 46.1 Å². The number of benzene rings is 1. The van der Waals surface area contributed by atoms with E-state index in [1.54, 1.807) is 17.4 Å². The predicted molar refractivity (Wildman–Crippen MR) is 75.6 cm³/mol. The molecule has 0 aliphatic rings. The number of hydrogen-bond donors (Lipinski definition) is 0. The van der Waals surface area contributed by atoms with Gasteiger partial charge in [0.2, 0.25) is 0 Å². The molecule has 17 heavy (non-hydrogen) atoms. The summed E-state index contributed by atoms with van der Waals surface area (Å²) in [6.07, 6.45) is 2.55. The van der Waals surface area contributed by atoms with E-state index in [9.17, 15) is 0 Å². The molecule has 0 saturated carbocycles. The largest absolute Gasteiger partial charge is 0.250 e. The van der Waals surface area contributed by atoms with Crippen molar-refractivity contribution in [2.75, 3.05) is 0 Å². The molecule has 0 amide bonds. The summed E-state index contributed by atoms with van der Waals surface area (Å²) in [7, 11) is 0. The maximum Gasteiger partial charge on any atom is 0.0897 e. The van der Waals surface area contributed by atoms with Gasteiger partial charge < -0.3 is 0 Å². The van der Waals surface area contributed by atoms with Crippen molar-refractivity contribution in [2.24, 2.45) is 0 Å². The molecule has 1 heterocycles. The number of rotatable bonds is 3. The fourth-order valence-electron chi connectivity index (χ4n) is 1.50. The lowest BCUT2D eigenvalue weighted by molar-refractivity contribution is 0.936. The summed E-state index contributed by atoms with van der Waals surface area (Å²) in [5.74, 6) is 0. The van der Waals surface area contributed by atoms with Crippen LogP contribution in [0, 0.1) is 6.92 Å². The predicted octanol–water partition coefficient (Wildman–Crippen LogP) is 5.28. The molecule has 0 aliphatic heterocycles. The van der Waals surface area contributed by atoms with E-state index in [0.717, 1.165) is 21.9 Å². The zero-order valence-electron chi connectivity index (χ0n) is 9.08. The molecule has 0 spiro atoms. The molecule has 0 fully saturated rings. The first-order valence-corrected chi connectivity index (χ1v) is 7.07. The minimum absolute atomic E-state index is 0.0709. The van der Waals surface area contributed by atoms with Crippen LogP contribution in [0.3, 0.4) is 0 Å². The van der Waals surface area contributed by atoms with Crippen molar-refractivity contribution < 1.29 is 0 Å². The van der Waals surface area contributed by atoms with E-state index in [4.69, 9.17) is 34.8 Å². The van der Waals surface area contributed by atoms with Gasteiger partial charge in [-0.05, 0) is 31.0 Å². The van der Waals surface area contributed by atoms with Crippen molar-refractivity contribution in [3.05, 3.63) is 49.9 Å². The lowest BCUT2D eigenvalue weighted by atomic mass is 10.1. The van der Waals surface area contributed by atoms with Gasteiger partial charge in [0.1, 0.15) is 0 Å². The Labute approximate surface area is 119 Å². The van der Waals surface area contributed by atoms with Crippen LogP contribution < -0.4 is 0 Å². The molecule has 1 aromatic carbocycles. The first-order chi connectivity index (χ1) is 8.06. The van der Waals surface area contributed by atoms with Gasteiger partial charge in [-0.25, -0.2) is 4.98 Å². The van der Waals surface area contributed by atoms with Crippen LogP contribution in [0.1, 0.15) is 20.8 Å². The van der Waals surface area contributed by atoms with E-state index in [1.165, 1.54) is 0 Å². The monoisotopic (exact) mass is 305 g/mol. The maximum absolute atomic E-state index is 6.34.